The molecule has 0 unspecified atom stereocenters. The average molecular weight is 268 g/mol. The normalized spacial score (nSPS) is 10.6. The molecule has 0 radical (unpaired) electrons. The third kappa shape index (κ3) is 3.46. The van der Waals surface area contributed by atoms with Crippen LogP contribution >= 0.6 is 15.9 Å². The summed E-state index contributed by atoms with van der Waals surface area (Å²) in [6.45, 7) is 0. The van der Waals surface area contributed by atoms with Crippen molar-refractivity contribution < 1.29 is 9.90 Å². The lowest BCUT2D eigenvalue weighted by Gasteiger charge is -1.95. The minimum atomic E-state index is -1.03. The number of nitrogens with zero attached hydrogens (tertiary/aromatic N) is 3. The number of aliphatic carboxylic acids is 1. The maximum absolute atomic E-state index is 10.5. The topological polar surface area (TPSA) is 86.1 Å². The van der Waals surface area contributed by atoms with Gasteiger partial charge in [-0.3, -0.25) is 0 Å². The highest BCUT2D eigenvalue weighted by atomic mass is 79.9. The predicted octanol–water partition coefficient (Wildman–Crippen LogP) is 3.45. The zero-order chi connectivity index (χ0) is 11.3. The molecule has 0 heterocycles. The molecule has 6 heteroatoms. The summed E-state index contributed by atoms with van der Waals surface area (Å²) >= 11 is 2.91. The van der Waals surface area contributed by atoms with Crippen LogP contribution in [0, 0.1) is 0 Å². The van der Waals surface area contributed by atoms with Crippen molar-refractivity contribution in [1.29, 1.82) is 0 Å². The summed E-state index contributed by atoms with van der Waals surface area (Å²) in [4.78, 5) is 13.1. The van der Waals surface area contributed by atoms with Gasteiger partial charge in [0.15, 0.2) is 0 Å². The molecule has 76 valence electrons. The molecule has 0 spiro atoms. The Labute approximate surface area is 93.8 Å². The zero-order valence-electron chi connectivity index (χ0n) is 7.46. The fraction of sp³-hybridized carbons (Fsp3) is 0. The quantitative estimate of drug-likeness (QED) is 0.394. The van der Waals surface area contributed by atoms with Gasteiger partial charge < -0.3 is 5.11 Å². The summed E-state index contributed by atoms with van der Waals surface area (Å²) < 4.78 is 0.0686. The van der Waals surface area contributed by atoms with Gasteiger partial charge in [0.05, 0.1) is 0 Å². The van der Waals surface area contributed by atoms with Crippen molar-refractivity contribution >= 4 is 33.7 Å². The molecular formula is C9H6BrN3O2. The van der Waals surface area contributed by atoms with Crippen LogP contribution in [0.3, 0.4) is 0 Å². The van der Waals surface area contributed by atoms with Gasteiger partial charge in [-0.1, -0.05) is 29.4 Å². The van der Waals surface area contributed by atoms with E-state index in [1.807, 2.05) is 0 Å². The monoisotopic (exact) mass is 267 g/mol. The minimum absolute atomic E-state index is 0.0686. The van der Waals surface area contributed by atoms with Gasteiger partial charge in [-0.2, -0.15) is 0 Å². The average Bonchev–Trinajstić information content (AvgIpc) is 2.21. The summed E-state index contributed by atoms with van der Waals surface area (Å²) in [6, 6.07) is 6.53. The Bertz CT molecular complexity index is 447. The van der Waals surface area contributed by atoms with Crippen LogP contribution in [0.5, 0.6) is 0 Å². The van der Waals surface area contributed by atoms with Crippen molar-refractivity contribution in [3.8, 4) is 0 Å². The first-order valence-corrected chi connectivity index (χ1v) is 4.68. The molecule has 0 aliphatic heterocycles. The number of azide groups is 1. The van der Waals surface area contributed by atoms with E-state index in [1.165, 1.54) is 6.08 Å². The number of carboxylic acids is 1. The van der Waals surface area contributed by atoms with Crippen molar-refractivity contribution in [3.05, 3.63) is 44.8 Å². The molecule has 0 amide bonds. The highest BCUT2D eigenvalue weighted by molar-refractivity contribution is 9.12. The highest BCUT2D eigenvalue weighted by Crippen LogP contribution is 2.17. The van der Waals surface area contributed by atoms with Crippen LogP contribution in [0.25, 0.3) is 16.5 Å². The maximum Gasteiger partial charge on any atom is 0.342 e. The van der Waals surface area contributed by atoms with Crippen molar-refractivity contribution in [2.24, 2.45) is 5.11 Å². The van der Waals surface area contributed by atoms with Gasteiger partial charge in [-0.15, -0.1) is 0 Å². The van der Waals surface area contributed by atoms with Crippen molar-refractivity contribution in [2.45, 2.75) is 0 Å². The predicted molar refractivity (Wildman–Crippen MR) is 59.8 cm³/mol. The van der Waals surface area contributed by atoms with Gasteiger partial charge in [-0.25, -0.2) is 4.79 Å². The first kappa shape index (κ1) is 11.3. The Kier molecular flexibility index (Phi) is 3.91. The number of rotatable bonds is 3. The summed E-state index contributed by atoms with van der Waals surface area (Å²) in [7, 11) is 0. The van der Waals surface area contributed by atoms with Crippen LogP contribution in [0.15, 0.2) is 33.9 Å². The van der Waals surface area contributed by atoms with E-state index in [2.05, 4.69) is 26.0 Å². The van der Waals surface area contributed by atoms with Crippen molar-refractivity contribution in [2.75, 3.05) is 0 Å². The molecule has 15 heavy (non-hydrogen) atoms. The van der Waals surface area contributed by atoms with Crippen LogP contribution in [0.1, 0.15) is 5.56 Å². The number of hydrogen-bond donors (Lipinski definition) is 1. The molecule has 5 nitrogen and oxygen atoms in total. The second-order valence-corrected chi connectivity index (χ2v) is 3.43. The maximum atomic E-state index is 10.5. The van der Waals surface area contributed by atoms with E-state index in [0.29, 0.717) is 11.3 Å². The van der Waals surface area contributed by atoms with Gasteiger partial charge in [-0.05, 0) is 33.1 Å². The molecule has 0 aliphatic carbocycles. The lowest BCUT2D eigenvalue weighted by Crippen LogP contribution is -1.92. The second-order valence-electron chi connectivity index (χ2n) is 2.58. The highest BCUT2D eigenvalue weighted by Gasteiger charge is 2.01. The van der Waals surface area contributed by atoms with E-state index in [9.17, 15) is 4.79 Å². The fourth-order valence-corrected chi connectivity index (χ4v) is 1.16. The van der Waals surface area contributed by atoms with Gasteiger partial charge in [0.25, 0.3) is 0 Å². The Hall–Kier alpha value is -1.78. The molecule has 0 saturated heterocycles. The van der Waals surface area contributed by atoms with Crippen LogP contribution < -0.4 is 0 Å². The van der Waals surface area contributed by atoms with Gasteiger partial charge >= 0.3 is 5.97 Å². The van der Waals surface area contributed by atoms with Crippen molar-refractivity contribution in [1.82, 2.24) is 0 Å². The van der Waals surface area contributed by atoms with Crippen LogP contribution in [0.2, 0.25) is 0 Å². The minimum Gasteiger partial charge on any atom is -0.477 e. The van der Waals surface area contributed by atoms with Crippen LogP contribution in [0.4, 0.5) is 5.69 Å². The van der Waals surface area contributed by atoms with Crippen molar-refractivity contribution in [3.63, 3.8) is 0 Å². The standard InChI is InChI=1S/C9H6BrN3O2/c10-8(9(14)15)5-6-1-3-7(4-2-6)12-13-11/h1-5H,(H,14,15). The van der Waals surface area contributed by atoms with Gasteiger partial charge in [0, 0.05) is 10.6 Å². The van der Waals surface area contributed by atoms with E-state index in [1.54, 1.807) is 24.3 Å². The molecule has 1 rings (SSSR count). The number of benzene rings is 1. The number of halogens is 1. The molecule has 1 N–H and O–H groups in total. The Morgan fingerprint density at radius 3 is 2.53 bits per heavy atom. The number of carbonyl (C=O) groups is 1. The molecule has 0 aromatic heterocycles. The SMILES string of the molecule is [N-]=[N+]=Nc1ccc(C=C(Br)C(=O)O)cc1. The van der Waals surface area contributed by atoms with E-state index in [0.717, 1.165) is 0 Å². The van der Waals surface area contributed by atoms with Crippen LogP contribution in [-0.2, 0) is 4.79 Å². The smallest absolute Gasteiger partial charge is 0.342 e. The number of hydrogen-bond acceptors (Lipinski definition) is 2. The van der Waals surface area contributed by atoms with E-state index in [4.69, 9.17) is 10.6 Å². The van der Waals surface area contributed by atoms with Gasteiger partial charge in [0.1, 0.15) is 4.48 Å². The summed E-state index contributed by atoms with van der Waals surface area (Å²) in [5.41, 5.74) is 9.36. The summed E-state index contributed by atoms with van der Waals surface area (Å²) in [5, 5.41) is 12.0. The van der Waals surface area contributed by atoms with E-state index in [-0.39, 0.29) is 4.48 Å². The van der Waals surface area contributed by atoms with E-state index < -0.39 is 5.97 Å². The molecule has 0 atom stereocenters. The largest absolute Gasteiger partial charge is 0.477 e. The lowest BCUT2D eigenvalue weighted by molar-refractivity contribution is -0.131. The van der Waals surface area contributed by atoms with Gasteiger partial charge in [0.2, 0.25) is 0 Å². The Morgan fingerprint density at radius 2 is 2.07 bits per heavy atom. The van der Waals surface area contributed by atoms with E-state index >= 15 is 0 Å². The molecule has 0 saturated carbocycles. The third-order valence-electron chi connectivity index (χ3n) is 1.55. The molecule has 0 aliphatic rings. The second kappa shape index (κ2) is 5.19. The lowest BCUT2D eigenvalue weighted by atomic mass is 10.2. The van der Waals surface area contributed by atoms with Crippen LogP contribution in [-0.4, -0.2) is 11.1 Å². The zero-order valence-corrected chi connectivity index (χ0v) is 9.05. The molecule has 1 aromatic carbocycles. The summed E-state index contributed by atoms with van der Waals surface area (Å²) in [5.74, 6) is -1.03. The first-order chi connectivity index (χ1) is 7.13. The summed E-state index contributed by atoms with van der Waals surface area (Å²) in [6.07, 6.45) is 1.46. The molecule has 1 aromatic rings. The molecule has 0 bridgehead atoms. The molecule has 0 fully saturated rings. The Balaban J connectivity index is 2.94. The fourth-order valence-electron chi connectivity index (χ4n) is 0.897. The first-order valence-electron chi connectivity index (χ1n) is 3.89. The third-order valence-corrected chi connectivity index (χ3v) is 2.12. The number of carboxylic acid groups (broad SMARTS) is 1. The Morgan fingerprint density at radius 1 is 1.47 bits per heavy atom. The molecular weight excluding hydrogens is 262 g/mol.